The zero-order valence-electron chi connectivity index (χ0n) is 30.5. The quantitative estimate of drug-likeness (QED) is 0.197. The monoisotopic (exact) mass is 816 g/mol. The molecular formula is C37H38ClF5N10O2S. The normalized spacial score (nSPS) is 22.8. The minimum atomic E-state index is -4.67. The van der Waals surface area contributed by atoms with E-state index >= 15 is 4.39 Å². The lowest BCUT2D eigenvalue weighted by Crippen LogP contribution is -2.67. The van der Waals surface area contributed by atoms with Gasteiger partial charge in [-0.05, 0) is 69.3 Å². The van der Waals surface area contributed by atoms with Crippen LogP contribution >= 0.6 is 22.9 Å². The maximum atomic E-state index is 17.2. The molecule has 2 amide bonds. The number of hydrogen-bond acceptors (Lipinski definition) is 11. The zero-order valence-corrected chi connectivity index (χ0v) is 32.1. The predicted molar refractivity (Wildman–Crippen MR) is 204 cm³/mol. The second-order valence-corrected chi connectivity index (χ2v) is 16.0. The Labute approximate surface area is 327 Å². The Balaban J connectivity index is 0.00000217. The van der Waals surface area contributed by atoms with E-state index in [9.17, 15) is 27.6 Å². The van der Waals surface area contributed by atoms with Gasteiger partial charge in [0.15, 0.2) is 5.82 Å². The van der Waals surface area contributed by atoms with Gasteiger partial charge in [-0.1, -0.05) is 31.5 Å². The number of hydrogen-bond donors (Lipinski definition) is 2. The first-order valence-corrected chi connectivity index (χ1v) is 19.7. The molecule has 0 saturated carbocycles. The van der Waals surface area contributed by atoms with Crippen LogP contribution in [-0.4, -0.2) is 99.9 Å². The molecule has 9 rings (SSSR count). The summed E-state index contributed by atoms with van der Waals surface area (Å²) in [6.45, 7) is 7.17. The topological polar surface area (TPSA) is 139 Å². The number of nitrogens with zero attached hydrogens (tertiary/aromatic N) is 8. The van der Waals surface area contributed by atoms with Crippen LogP contribution in [0.1, 0.15) is 57.9 Å². The van der Waals surface area contributed by atoms with Crippen molar-refractivity contribution in [3.05, 3.63) is 40.4 Å². The number of likely N-dealkylation sites (tertiary alicyclic amines) is 1. The number of halogens is 6. The second kappa shape index (κ2) is 14.1. The molecule has 4 fully saturated rings. The molecule has 19 heteroatoms. The molecule has 4 saturated heterocycles. The summed E-state index contributed by atoms with van der Waals surface area (Å²) in [5.74, 6) is -1.14. The van der Waals surface area contributed by atoms with Crippen LogP contribution in [0.3, 0.4) is 0 Å². The SMILES string of the molecule is CC.N#Cc1c(N)sc2c(F)ccc(-c3c(Cl)cc4c(N5CCC6(CCN6C(=O)N6C=NC(C(F)(F)F)N6)C5)nc(OCC56CCCN5CCC6)nc4c3F)c12. The smallest absolute Gasteiger partial charge is 0.425 e. The van der Waals surface area contributed by atoms with Gasteiger partial charge >= 0.3 is 18.2 Å². The fourth-order valence-electron chi connectivity index (χ4n) is 8.91. The van der Waals surface area contributed by atoms with Crippen molar-refractivity contribution in [2.45, 2.75) is 75.8 Å². The van der Waals surface area contributed by atoms with Crippen LogP contribution < -0.4 is 20.8 Å². The van der Waals surface area contributed by atoms with Crippen molar-refractivity contribution in [2.75, 3.05) is 50.0 Å². The molecule has 296 valence electrons. The van der Waals surface area contributed by atoms with Crippen LogP contribution in [0.5, 0.6) is 6.01 Å². The summed E-state index contributed by atoms with van der Waals surface area (Å²) < 4.78 is 78.3. The number of carbonyl (C=O) groups excluding carboxylic acids is 1. The van der Waals surface area contributed by atoms with Gasteiger partial charge in [-0.15, -0.1) is 11.3 Å². The lowest BCUT2D eigenvalue weighted by atomic mass is 9.84. The van der Waals surface area contributed by atoms with E-state index < -0.39 is 35.5 Å². The van der Waals surface area contributed by atoms with Gasteiger partial charge in [0.1, 0.15) is 41.2 Å². The number of nitrogens with one attached hydrogen (secondary N) is 1. The van der Waals surface area contributed by atoms with E-state index in [4.69, 9.17) is 27.1 Å². The number of nitriles is 1. The molecule has 5 aliphatic heterocycles. The number of nitrogens with two attached hydrogens (primary N) is 1. The molecule has 0 radical (unpaired) electrons. The maximum Gasteiger partial charge on any atom is 0.425 e. The van der Waals surface area contributed by atoms with Crippen LogP contribution in [0.15, 0.2) is 23.2 Å². The average molecular weight is 817 g/mol. The number of anilines is 2. The van der Waals surface area contributed by atoms with Crippen LogP contribution in [0, 0.1) is 23.0 Å². The summed E-state index contributed by atoms with van der Waals surface area (Å²) in [5.41, 5.74) is 7.25. The molecule has 7 heterocycles. The van der Waals surface area contributed by atoms with E-state index in [1.807, 2.05) is 24.8 Å². The Hall–Kier alpha value is -4.57. The highest BCUT2D eigenvalue weighted by Gasteiger charge is 2.54. The summed E-state index contributed by atoms with van der Waals surface area (Å²) in [6.07, 6.45) is -1.03. The van der Waals surface area contributed by atoms with E-state index in [0.717, 1.165) is 61.5 Å². The van der Waals surface area contributed by atoms with Gasteiger partial charge in [-0.2, -0.15) is 33.8 Å². The molecule has 1 spiro atoms. The molecule has 0 bridgehead atoms. The molecule has 0 aliphatic carbocycles. The molecule has 12 nitrogen and oxygen atoms in total. The van der Waals surface area contributed by atoms with Crippen molar-refractivity contribution in [1.29, 1.82) is 5.26 Å². The van der Waals surface area contributed by atoms with Crippen molar-refractivity contribution >= 4 is 67.1 Å². The molecule has 56 heavy (non-hydrogen) atoms. The van der Waals surface area contributed by atoms with Crippen molar-refractivity contribution in [2.24, 2.45) is 4.99 Å². The summed E-state index contributed by atoms with van der Waals surface area (Å²) in [6, 6.07) is 5.34. The maximum absolute atomic E-state index is 17.2. The standard InChI is InChI=1S/C35H32ClF5N10O2S.C2H6/c36-21-13-19-26(25(38)24(21)18-3-4-22(37)27-23(18)20(14-42)28(43)54-27)45-31(53-16-34-5-1-9-49(34)10-2-6-34)46-29(19)48-11-7-33(15-48)8-12-50(33)32(52)51-17-44-30(47-51)35(39,40)41;1-2/h3-4,13,17,30,47H,1-2,5-12,15-16,43H2;1-2H3. The van der Waals surface area contributed by atoms with Gasteiger partial charge in [-0.3, -0.25) is 4.90 Å². The Morgan fingerprint density at radius 2 is 1.86 bits per heavy atom. The Morgan fingerprint density at radius 1 is 1.12 bits per heavy atom. The van der Waals surface area contributed by atoms with Crippen LogP contribution in [0.25, 0.3) is 32.1 Å². The number of benzene rings is 2. The number of urea groups is 1. The number of thiophene rings is 1. The molecule has 2 aromatic carbocycles. The molecule has 3 N–H and O–H groups in total. The number of aliphatic imine (C=N–C) groups is 1. The summed E-state index contributed by atoms with van der Waals surface area (Å²) in [5, 5.41) is 11.1. The number of aromatic nitrogens is 2. The first-order valence-electron chi connectivity index (χ1n) is 18.5. The molecule has 2 aromatic heterocycles. The number of hydrazine groups is 1. The van der Waals surface area contributed by atoms with Gasteiger partial charge in [0.2, 0.25) is 6.17 Å². The molecule has 5 aliphatic rings. The Morgan fingerprint density at radius 3 is 2.52 bits per heavy atom. The third-order valence-electron chi connectivity index (χ3n) is 11.7. The number of ether oxygens (including phenoxy) is 1. The van der Waals surface area contributed by atoms with E-state index in [-0.39, 0.29) is 65.8 Å². The van der Waals surface area contributed by atoms with Gasteiger partial charge in [0.05, 0.1) is 26.4 Å². The average Bonchev–Trinajstić information content (AvgIpc) is 4.00. The highest BCUT2D eigenvalue weighted by Crippen LogP contribution is 2.48. The first-order chi connectivity index (χ1) is 26.8. The number of carbonyl (C=O) groups is 1. The van der Waals surface area contributed by atoms with E-state index in [1.165, 1.54) is 23.1 Å². The largest absolute Gasteiger partial charge is 0.461 e. The number of fused-ring (bicyclic) bond motifs is 3. The van der Waals surface area contributed by atoms with E-state index in [1.54, 1.807) is 0 Å². The lowest BCUT2D eigenvalue weighted by molar-refractivity contribution is -0.156. The number of nitrogen functional groups attached to an aromatic ring is 1. The second-order valence-electron chi connectivity index (χ2n) is 14.5. The minimum Gasteiger partial charge on any atom is -0.461 e. The zero-order chi connectivity index (χ0) is 39.7. The van der Waals surface area contributed by atoms with Crippen molar-refractivity contribution in [3.63, 3.8) is 0 Å². The van der Waals surface area contributed by atoms with Crippen molar-refractivity contribution < 1.29 is 31.5 Å². The fourth-order valence-corrected chi connectivity index (χ4v) is 10.1. The van der Waals surface area contributed by atoms with Gasteiger partial charge < -0.3 is 20.3 Å². The summed E-state index contributed by atoms with van der Waals surface area (Å²) in [7, 11) is 0. The Kier molecular flexibility index (Phi) is 9.66. The summed E-state index contributed by atoms with van der Waals surface area (Å²) >= 11 is 7.76. The first kappa shape index (κ1) is 38.3. The van der Waals surface area contributed by atoms with Crippen molar-refractivity contribution in [3.8, 4) is 23.2 Å². The number of amides is 2. The van der Waals surface area contributed by atoms with Gasteiger partial charge in [0.25, 0.3) is 0 Å². The van der Waals surface area contributed by atoms with E-state index in [0.29, 0.717) is 38.4 Å². The molecule has 2 atom stereocenters. The predicted octanol–water partition coefficient (Wildman–Crippen LogP) is 7.44. The highest BCUT2D eigenvalue weighted by molar-refractivity contribution is 7.23. The molecule has 2 unspecified atom stereocenters. The van der Waals surface area contributed by atoms with Crippen LogP contribution in [0.2, 0.25) is 5.02 Å². The Bertz CT molecular complexity index is 2310. The third-order valence-corrected chi connectivity index (χ3v) is 13.0. The third kappa shape index (κ3) is 6.05. The van der Waals surface area contributed by atoms with E-state index in [2.05, 4.69) is 20.3 Å². The lowest BCUT2D eigenvalue weighted by Gasteiger charge is -2.51. The number of rotatable bonds is 5. The fraction of sp³-hybridized carbons (Fsp3) is 0.486. The molecule has 4 aromatic rings. The van der Waals surface area contributed by atoms with Crippen LogP contribution in [0.4, 0.5) is 37.6 Å². The summed E-state index contributed by atoms with van der Waals surface area (Å²) in [4.78, 5) is 32.0. The van der Waals surface area contributed by atoms with Gasteiger partial charge in [-0.25, -0.2) is 23.6 Å². The highest BCUT2D eigenvalue weighted by atomic mass is 35.5. The minimum absolute atomic E-state index is 0.00990. The van der Waals surface area contributed by atoms with Crippen LogP contribution in [-0.2, 0) is 0 Å². The van der Waals surface area contributed by atoms with Gasteiger partial charge in [0, 0.05) is 36.0 Å². The molecular weight excluding hydrogens is 779 g/mol. The number of alkyl halides is 3. The van der Waals surface area contributed by atoms with Crippen molar-refractivity contribution in [1.82, 2.24) is 30.2 Å².